The van der Waals surface area contributed by atoms with E-state index >= 15 is 0 Å². The van der Waals surface area contributed by atoms with Gasteiger partial charge in [-0.3, -0.25) is 14.5 Å². The van der Waals surface area contributed by atoms with E-state index in [-0.39, 0.29) is 10.7 Å². The van der Waals surface area contributed by atoms with Gasteiger partial charge >= 0.3 is 0 Å². The minimum atomic E-state index is -0.899. The predicted molar refractivity (Wildman–Crippen MR) is 168 cm³/mol. The first-order valence-electron chi connectivity index (χ1n) is 13.4. The quantitative estimate of drug-likeness (QED) is 0.0749. The Morgan fingerprint density at radius 3 is 2.55 bits per heavy atom. The molecule has 0 radical (unpaired) electrons. The Balaban J connectivity index is 1.45. The molecular weight excluding hydrogens is 590 g/mol. The molecule has 42 heavy (non-hydrogen) atoms. The van der Waals surface area contributed by atoms with E-state index in [0.717, 1.165) is 24.0 Å². The van der Waals surface area contributed by atoms with E-state index in [4.69, 9.17) is 16.3 Å². The fourth-order valence-electron chi connectivity index (χ4n) is 4.39. The van der Waals surface area contributed by atoms with Crippen molar-refractivity contribution in [3.63, 3.8) is 0 Å². The van der Waals surface area contributed by atoms with Crippen molar-refractivity contribution in [1.82, 2.24) is 10.2 Å². The van der Waals surface area contributed by atoms with Gasteiger partial charge < -0.3 is 9.84 Å². The van der Waals surface area contributed by atoms with Gasteiger partial charge in [0, 0.05) is 10.8 Å². The fourth-order valence-corrected chi connectivity index (χ4v) is 6.54. The number of hydrogen-bond acceptors (Lipinski definition) is 8. The van der Waals surface area contributed by atoms with Crippen molar-refractivity contribution in [3.8, 4) is 5.75 Å². The van der Waals surface area contributed by atoms with Gasteiger partial charge in [0.25, 0.3) is 5.91 Å². The molecule has 214 valence electrons. The maximum Gasteiger partial charge on any atom is 0.296 e. The van der Waals surface area contributed by atoms with Gasteiger partial charge in [0.05, 0.1) is 18.2 Å². The smallest absolute Gasteiger partial charge is 0.296 e. The Morgan fingerprint density at radius 1 is 1.07 bits per heavy atom. The highest BCUT2D eigenvalue weighted by Gasteiger charge is 2.45. The number of benzene rings is 3. The van der Waals surface area contributed by atoms with Crippen LogP contribution in [0.4, 0.5) is 5.13 Å². The molecule has 0 bridgehead atoms. The van der Waals surface area contributed by atoms with Crippen LogP contribution in [0.25, 0.3) is 6.08 Å². The Bertz CT molecular complexity index is 1620. The predicted octanol–water partition coefficient (Wildman–Crippen LogP) is 7.85. The molecule has 1 N–H and O–H groups in total. The molecule has 1 atom stereocenters. The number of halogens is 1. The zero-order valence-corrected chi connectivity index (χ0v) is 25.2. The number of aliphatic hydroxyl groups is 1. The number of thioether (sulfide) groups is 1. The van der Waals surface area contributed by atoms with Crippen LogP contribution in [-0.2, 0) is 15.3 Å². The van der Waals surface area contributed by atoms with E-state index in [1.165, 1.54) is 34.1 Å². The fraction of sp³-hybridized carbons (Fsp3) is 0.188. The van der Waals surface area contributed by atoms with Crippen LogP contribution in [0.15, 0.2) is 101 Å². The molecular formula is C32H28ClN3O4S2. The zero-order valence-electron chi connectivity index (χ0n) is 22.8. The molecule has 0 saturated carbocycles. The molecule has 0 spiro atoms. The Morgan fingerprint density at radius 2 is 1.81 bits per heavy atom. The SMILES string of the molecule is CCCCOc1ccc(C2C(C(=O)/C=C/c3ccccc3)=C(O)C(=O)N2c2nnc(SCc3ccccc3Cl)s2)cc1. The second kappa shape index (κ2) is 13.8. The highest BCUT2D eigenvalue weighted by molar-refractivity contribution is 8.00. The maximum absolute atomic E-state index is 13.5. The van der Waals surface area contributed by atoms with E-state index in [9.17, 15) is 14.7 Å². The molecule has 1 aliphatic rings. The molecule has 1 unspecified atom stereocenters. The maximum atomic E-state index is 13.5. The molecule has 4 aromatic rings. The van der Waals surface area contributed by atoms with E-state index in [0.29, 0.717) is 33.0 Å². The van der Waals surface area contributed by atoms with Crippen molar-refractivity contribution in [1.29, 1.82) is 0 Å². The number of ketones is 1. The largest absolute Gasteiger partial charge is 0.503 e. The molecule has 1 aliphatic heterocycles. The zero-order chi connectivity index (χ0) is 29.5. The number of hydrogen-bond donors (Lipinski definition) is 1. The van der Waals surface area contributed by atoms with Gasteiger partial charge in [0.1, 0.15) is 5.75 Å². The minimum absolute atomic E-state index is 0.0210. The topological polar surface area (TPSA) is 92.6 Å². The third-order valence-electron chi connectivity index (χ3n) is 6.57. The minimum Gasteiger partial charge on any atom is -0.503 e. The van der Waals surface area contributed by atoms with Crippen molar-refractivity contribution in [2.75, 3.05) is 11.5 Å². The monoisotopic (exact) mass is 617 g/mol. The van der Waals surface area contributed by atoms with E-state index < -0.39 is 23.5 Å². The number of amides is 1. The van der Waals surface area contributed by atoms with Gasteiger partial charge in [-0.05, 0) is 47.4 Å². The van der Waals surface area contributed by atoms with Crippen LogP contribution in [0.1, 0.15) is 42.5 Å². The third kappa shape index (κ3) is 6.75. The number of aliphatic hydroxyl groups excluding tert-OH is 1. The third-order valence-corrected chi connectivity index (χ3v) is 9.05. The van der Waals surface area contributed by atoms with Gasteiger partial charge in [-0.1, -0.05) is 115 Å². The van der Waals surface area contributed by atoms with Gasteiger partial charge in [-0.2, -0.15) is 0 Å². The van der Waals surface area contributed by atoms with Crippen LogP contribution in [-0.4, -0.2) is 33.6 Å². The summed E-state index contributed by atoms with van der Waals surface area (Å²) in [6, 6.07) is 23.2. The lowest BCUT2D eigenvalue weighted by Gasteiger charge is -2.24. The van der Waals surface area contributed by atoms with Gasteiger partial charge in [0.15, 0.2) is 15.9 Å². The Kier molecular flexibility index (Phi) is 9.74. The number of anilines is 1. The number of carbonyl (C=O) groups is 2. The summed E-state index contributed by atoms with van der Waals surface area (Å²) in [5.74, 6) is -0.534. The first kappa shape index (κ1) is 29.6. The van der Waals surface area contributed by atoms with Crippen LogP contribution >= 0.6 is 34.7 Å². The number of aromatic nitrogens is 2. The Labute approximate surface area is 257 Å². The number of allylic oxidation sites excluding steroid dienone is 1. The van der Waals surface area contributed by atoms with Crippen LogP contribution in [0.3, 0.4) is 0 Å². The average Bonchev–Trinajstić information content (AvgIpc) is 3.58. The number of carbonyl (C=O) groups excluding carboxylic acids is 2. The van der Waals surface area contributed by atoms with Crippen LogP contribution in [0, 0.1) is 0 Å². The lowest BCUT2D eigenvalue weighted by Crippen LogP contribution is -2.30. The molecule has 1 amide bonds. The summed E-state index contributed by atoms with van der Waals surface area (Å²) >= 11 is 8.95. The summed E-state index contributed by atoms with van der Waals surface area (Å²) in [4.78, 5) is 28.3. The van der Waals surface area contributed by atoms with Crippen LogP contribution in [0.5, 0.6) is 5.75 Å². The molecule has 0 fully saturated rings. The molecule has 5 rings (SSSR count). The molecule has 2 heterocycles. The highest BCUT2D eigenvalue weighted by atomic mass is 35.5. The average molecular weight is 618 g/mol. The number of rotatable bonds is 12. The van der Waals surface area contributed by atoms with E-state index in [1.807, 2.05) is 54.6 Å². The molecule has 7 nitrogen and oxygen atoms in total. The number of unbranched alkanes of at least 4 members (excludes halogenated alkanes) is 1. The summed E-state index contributed by atoms with van der Waals surface area (Å²) in [6.45, 7) is 2.69. The molecule has 3 aromatic carbocycles. The normalized spacial score (nSPS) is 15.1. The summed E-state index contributed by atoms with van der Waals surface area (Å²) < 4.78 is 6.43. The van der Waals surface area contributed by atoms with Crippen molar-refractivity contribution in [2.24, 2.45) is 0 Å². The van der Waals surface area contributed by atoms with Crippen molar-refractivity contribution in [3.05, 3.63) is 118 Å². The second-order valence-electron chi connectivity index (χ2n) is 9.45. The molecule has 0 aliphatic carbocycles. The van der Waals surface area contributed by atoms with E-state index in [1.54, 1.807) is 30.3 Å². The van der Waals surface area contributed by atoms with Crippen molar-refractivity contribution in [2.45, 2.75) is 35.9 Å². The van der Waals surface area contributed by atoms with Gasteiger partial charge in [-0.25, -0.2) is 0 Å². The summed E-state index contributed by atoms with van der Waals surface area (Å²) in [7, 11) is 0. The lowest BCUT2D eigenvalue weighted by molar-refractivity contribution is -0.117. The summed E-state index contributed by atoms with van der Waals surface area (Å²) in [5, 5.41) is 20.5. The first-order chi connectivity index (χ1) is 20.5. The molecule has 1 aromatic heterocycles. The highest BCUT2D eigenvalue weighted by Crippen LogP contribution is 2.43. The van der Waals surface area contributed by atoms with Gasteiger partial charge in [0.2, 0.25) is 5.13 Å². The molecule has 0 saturated heterocycles. The second-order valence-corrected chi connectivity index (χ2v) is 12.0. The standard InChI is InChI=1S/C32H28ClN3O4S2/c1-2-3-19-40-24-16-14-22(15-17-24)28-27(26(37)18-13-21-9-5-4-6-10-21)29(38)30(39)36(28)31-34-35-32(42-31)41-20-23-11-7-8-12-25(23)33/h4-18,28,38H,2-3,19-20H2,1H3/b18-13+. The lowest BCUT2D eigenvalue weighted by atomic mass is 9.95. The summed E-state index contributed by atoms with van der Waals surface area (Å²) in [5.41, 5.74) is 2.38. The van der Waals surface area contributed by atoms with Gasteiger partial charge in [-0.15, -0.1) is 10.2 Å². The number of ether oxygens (including phenoxy) is 1. The summed E-state index contributed by atoms with van der Waals surface area (Å²) in [6.07, 6.45) is 4.98. The Hall–Kier alpha value is -3.92. The van der Waals surface area contributed by atoms with E-state index in [2.05, 4.69) is 17.1 Å². The van der Waals surface area contributed by atoms with Crippen molar-refractivity contribution >= 4 is 57.6 Å². The molecule has 10 heteroatoms. The number of nitrogens with zero attached hydrogens (tertiary/aromatic N) is 3. The van der Waals surface area contributed by atoms with Crippen molar-refractivity contribution < 1.29 is 19.4 Å². The van der Waals surface area contributed by atoms with Crippen LogP contribution < -0.4 is 9.64 Å². The first-order valence-corrected chi connectivity index (χ1v) is 15.6. The van der Waals surface area contributed by atoms with Crippen LogP contribution in [0.2, 0.25) is 5.02 Å².